The highest BCUT2D eigenvalue weighted by Crippen LogP contribution is 2.21. The van der Waals surface area contributed by atoms with Gasteiger partial charge in [0.25, 0.3) is 0 Å². The second-order valence-corrected chi connectivity index (χ2v) is 4.34. The number of benzene rings is 1. The highest BCUT2D eigenvalue weighted by Gasteiger charge is 2.16. The molecule has 1 aromatic carbocycles. The SMILES string of the molecule is COc1cccc(CC(=O)c2cn(C)nc2C)c1F. The number of methoxy groups -OCH3 is 1. The van der Waals surface area contributed by atoms with Gasteiger partial charge in [0.05, 0.1) is 18.4 Å². The lowest BCUT2D eigenvalue weighted by molar-refractivity contribution is 0.0991. The molecule has 0 unspecified atom stereocenters. The van der Waals surface area contributed by atoms with Crippen molar-refractivity contribution in [1.29, 1.82) is 0 Å². The van der Waals surface area contributed by atoms with Crippen molar-refractivity contribution in [1.82, 2.24) is 9.78 Å². The smallest absolute Gasteiger partial charge is 0.170 e. The molecule has 0 spiro atoms. The zero-order valence-corrected chi connectivity index (χ0v) is 11.1. The maximum absolute atomic E-state index is 14.0. The van der Waals surface area contributed by atoms with Crippen LogP contribution in [0.3, 0.4) is 0 Å². The van der Waals surface area contributed by atoms with Crippen molar-refractivity contribution in [3.05, 3.63) is 47.0 Å². The van der Waals surface area contributed by atoms with Gasteiger partial charge in [0.15, 0.2) is 17.3 Å². The third-order valence-electron chi connectivity index (χ3n) is 2.93. The maximum Gasteiger partial charge on any atom is 0.170 e. The van der Waals surface area contributed by atoms with Gasteiger partial charge in [0, 0.05) is 19.7 Å². The Balaban J connectivity index is 2.27. The van der Waals surface area contributed by atoms with E-state index in [1.165, 1.54) is 13.2 Å². The average molecular weight is 262 g/mol. The molecule has 19 heavy (non-hydrogen) atoms. The fraction of sp³-hybridized carbons (Fsp3) is 0.286. The second-order valence-electron chi connectivity index (χ2n) is 4.34. The summed E-state index contributed by atoms with van der Waals surface area (Å²) in [5.41, 5.74) is 1.49. The summed E-state index contributed by atoms with van der Waals surface area (Å²) in [5, 5.41) is 4.11. The zero-order chi connectivity index (χ0) is 14.0. The molecule has 100 valence electrons. The van der Waals surface area contributed by atoms with E-state index in [0.717, 1.165) is 0 Å². The van der Waals surface area contributed by atoms with E-state index in [1.807, 2.05) is 0 Å². The summed E-state index contributed by atoms with van der Waals surface area (Å²) < 4.78 is 20.4. The van der Waals surface area contributed by atoms with E-state index < -0.39 is 5.82 Å². The van der Waals surface area contributed by atoms with Crippen LogP contribution in [0.25, 0.3) is 0 Å². The third-order valence-corrected chi connectivity index (χ3v) is 2.93. The van der Waals surface area contributed by atoms with Crippen molar-refractivity contribution in [3.63, 3.8) is 0 Å². The lowest BCUT2D eigenvalue weighted by atomic mass is 10.0. The number of aryl methyl sites for hydroxylation is 2. The van der Waals surface area contributed by atoms with Gasteiger partial charge >= 0.3 is 0 Å². The van der Waals surface area contributed by atoms with Crippen LogP contribution in [0.1, 0.15) is 21.6 Å². The largest absolute Gasteiger partial charge is 0.494 e. The minimum Gasteiger partial charge on any atom is -0.494 e. The number of aromatic nitrogens is 2. The minimum absolute atomic E-state index is 0.00440. The highest BCUT2D eigenvalue weighted by atomic mass is 19.1. The van der Waals surface area contributed by atoms with Gasteiger partial charge in [-0.2, -0.15) is 5.10 Å². The van der Waals surface area contributed by atoms with Crippen LogP contribution >= 0.6 is 0 Å². The maximum atomic E-state index is 14.0. The van der Waals surface area contributed by atoms with Gasteiger partial charge in [0.1, 0.15) is 0 Å². The Bertz CT molecular complexity index is 620. The Kier molecular flexibility index (Phi) is 3.64. The molecule has 0 saturated carbocycles. The van der Waals surface area contributed by atoms with Gasteiger partial charge in [-0.15, -0.1) is 0 Å². The van der Waals surface area contributed by atoms with Crippen LogP contribution in [0.15, 0.2) is 24.4 Å². The number of halogens is 1. The van der Waals surface area contributed by atoms with E-state index in [4.69, 9.17) is 4.74 Å². The molecule has 0 atom stereocenters. The van der Waals surface area contributed by atoms with Crippen LogP contribution in [-0.4, -0.2) is 22.7 Å². The molecule has 0 saturated heterocycles. The van der Waals surface area contributed by atoms with Crippen molar-refractivity contribution in [3.8, 4) is 5.75 Å². The number of carbonyl (C=O) groups excluding carboxylic acids is 1. The molecule has 1 aromatic heterocycles. The van der Waals surface area contributed by atoms with Gasteiger partial charge < -0.3 is 4.74 Å². The van der Waals surface area contributed by atoms with E-state index in [0.29, 0.717) is 16.8 Å². The third kappa shape index (κ3) is 2.65. The van der Waals surface area contributed by atoms with Gasteiger partial charge in [-0.05, 0) is 18.6 Å². The first-order valence-corrected chi connectivity index (χ1v) is 5.87. The molecule has 1 heterocycles. The predicted octanol–water partition coefficient (Wildman–Crippen LogP) is 2.30. The Morgan fingerprint density at radius 3 is 2.79 bits per heavy atom. The van der Waals surface area contributed by atoms with E-state index in [-0.39, 0.29) is 18.0 Å². The van der Waals surface area contributed by atoms with Crippen molar-refractivity contribution in [2.24, 2.45) is 7.05 Å². The molecule has 2 rings (SSSR count). The van der Waals surface area contributed by atoms with Crippen molar-refractivity contribution in [2.75, 3.05) is 7.11 Å². The van der Waals surface area contributed by atoms with Crippen LogP contribution in [-0.2, 0) is 13.5 Å². The second kappa shape index (κ2) is 5.22. The molecule has 2 aromatic rings. The Morgan fingerprint density at radius 1 is 1.47 bits per heavy atom. The number of rotatable bonds is 4. The van der Waals surface area contributed by atoms with Crippen LogP contribution in [0.5, 0.6) is 5.75 Å². The quantitative estimate of drug-likeness (QED) is 0.794. The summed E-state index contributed by atoms with van der Waals surface area (Å²) >= 11 is 0. The number of hydrogen-bond donors (Lipinski definition) is 0. The monoisotopic (exact) mass is 262 g/mol. The van der Waals surface area contributed by atoms with Crippen LogP contribution in [0, 0.1) is 12.7 Å². The normalized spacial score (nSPS) is 10.5. The van der Waals surface area contributed by atoms with Crippen LogP contribution < -0.4 is 4.74 Å². The standard InChI is InChI=1S/C14H15FN2O2/c1-9-11(8-17(2)16-9)12(18)7-10-5-4-6-13(19-3)14(10)15/h4-6,8H,7H2,1-3H3. The Hall–Kier alpha value is -2.17. The first-order chi connectivity index (χ1) is 9.02. The summed E-state index contributed by atoms with van der Waals surface area (Å²) in [6.07, 6.45) is 1.64. The zero-order valence-electron chi connectivity index (χ0n) is 11.1. The summed E-state index contributed by atoms with van der Waals surface area (Å²) in [7, 11) is 3.14. The topological polar surface area (TPSA) is 44.1 Å². The number of Topliss-reactive ketones (excluding diaryl/α,β-unsaturated/α-hetero) is 1. The van der Waals surface area contributed by atoms with E-state index >= 15 is 0 Å². The fourth-order valence-electron chi connectivity index (χ4n) is 1.99. The van der Waals surface area contributed by atoms with Crippen molar-refractivity contribution >= 4 is 5.78 Å². The first kappa shape index (κ1) is 13.3. The first-order valence-electron chi connectivity index (χ1n) is 5.87. The molecular weight excluding hydrogens is 247 g/mol. The number of ether oxygens (including phenoxy) is 1. The van der Waals surface area contributed by atoms with E-state index in [2.05, 4.69) is 5.10 Å². The molecule has 0 aliphatic carbocycles. The number of hydrogen-bond acceptors (Lipinski definition) is 3. The molecule has 5 heteroatoms. The summed E-state index contributed by atoms with van der Waals surface area (Å²) in [6.45, 7) is 1.76. The summed E-state index contributed by atoms with van der Waals surface area (Å²) in [5.74, 6) is -0.495. The molecule has 0 amide bonds. The Labute approximate surface area is 110 Å². The van der Waals surface area contributed by atoms with Crippen LogP contribution in [0.4, 0.5) is 4.39 Å². The van der Waals surface area contributed by atoms with Gasteiger partial charge in [0.2, 0.25) is 0 Å². The van der Waals surface area contributed by atoms with Crippen molar-refractivity contribution < 1.29 is 13.9 Å². The fourth-order valence-corrected chi connectivity index (χ4v) is 1.99. The van der Waals surface area contributed by atoms with Crippen molar-refractivity contribution in [2.45, 2.75) is 13.3 Å². The average Bonchev–Trinajstić information content (AvgIpc) is 2.71. The number of ketones is 1. The molecule has 0 aliphatic rings. The lowest BCUT2D eigenvalue weighted by Gasteiger charge is -2.06. The number of nitrogens with zero attached hydrogens (tertiary/aromatic N) is 2. The van der Waals surface area contributed by atoms with Gasteiger partial charge in [-0.3, -0.25) is 9.48 Å². The molecular formula is C14H15FN2O2. The molecule has 0 radical (unpaired) electrons. The van der Waals surface area contributed by atoms with E-state index in [9.17, 15) is 9.18 Å². The van der Waals surface area contributed by atoms with Crippen LogP contribution in [0.2, 0.25) is 0 Å². The lowest BCUT2D eigenvalue weighted by Crippen LogP contribution is -2.06. The predicted molar refractivity (Wildman–Crippen MR) is 68.9 cm³/mol. The number of carbonyl (C=O) groups is 1. The van der Waals surface area contributed by atoms with E-state index in [1.54, 1.807) is 37.0 Å². The summed E-state index contributed by atoms with van der Waals surface area (Å²) in [6, 6.07) is 4.78. The Morgan fingerprint density at radius 2 is 2.21 bits per heavy atom. The molecule has 0 N–H and O–H groups in total. The molecule has 4 nitrogen and oxygen atoms in total. The molecule has 0 bridgehead atoms. The molecule has 0 fully saturated rings. The van der Waals surface area contributed by atoms with Gasteiger partial charge in [-0.1, -0.05) is 12.1 Å². The summed E-state index contributed by atoms with van der Waals surface area (Å²) in [4.78, 5) is 12.1. The van der Waals surface area contributed by atoms with Gasteiger partial charge in [-0.25, -0.2) is 4.39 Å². The highest BCUT2D eigenvalue weighted by molar-refractivity contribution is 5.98. The molecule has 0 aliphatic heterocycles. The minimum atomic E-state index is -0.486.